The summed E-state index contributed by atoms with van der Waals surface area (Å²) in [5, 5.41) is 13.8. The molecule has 1 fully saturated rings. The molecule has 13 heteroatoms. The lowest BCUT2D eigenvalue weighted by Crippen LogP contribution is -2.35. The minimum atomic E-state index is -0.873. The number of amides is 1. The van der Waals surface area contributed by atoms with Gasteiger partial charge in [0.2, 0.25) is 11.6 Å². The molecule has 35 heavy (non-hydrogen) atoms. The number of ether oxygens (including phenoxy) is 1. The Morgan fingerprint density at radius 2 is 1.86 bits per heavy atom. The molecule has 0 saturated carbocycles. The standard InChI is InChI=1S/C22H18BFN6O5/c23-16-11-15(5-6-17(16)24)30-20(28-34-22(30)32)18-19(27-35-26-18)25-21(31)14-3-1-13(2-4-14)12-29-7-9-33-10-8-29/h1-6,11H,7-10,12H2,(H,25,27,31). The summed E-state index contributed by atoms with van der Waals surface area (Å²) < 4.78 is 29.5. The number of rotatable bonds is 6. The Labute approximate surface area is 198 Å². The third-order valence-corrected chi connectivity index (χ3v) is 5.50. The first kappa shape index (κ1) is 22.7. The van der Waals surface area contributed by atoms with E-state index in [2.05, 4.69) is 25.7 Å². The number of morpholine rings is 1. The van der Waals surface area contributed by atoms with Crippen molar-refractivity contribution in [2.24, 2.45) is 0 Å². The first-order valence-electron chi connectivity index (χ1n) is 10.7. The summed E-state index contributed by atoms with van der Waals surface area (Å²) in [7, 11) is 5.62. The van der Waals surface area contributed by atoms with Gasteiger partial charge in [0, 0.05) is 25.2 Å². The lowest BCUT2D eigenvalue weighted by Gasteiger charge is -2.26. The number of nitrogens with one attached hydrogen (secondary N) is 1. The second-order valence-corrected chi connectivity index (χ2v) is 7.81. The summed E-state index contributed by atoms with van der Waals surface area (Å²) in [5.74, 6) is -2.18. The van der Waals surface area contributed by atoms with Crippen molar-refractivity contribution in [2.75, 3.05) is 31.6 Å². The van der Waals surface area contributed by atoms with Gasteiger partial charge in [-0.25, -0.2) is 18.4 Å². The van der Waals surface area contributed by atoms with Crippen LogP contribution in [-0.4, -0.2) is 65.0 Å². The van der Waals surface area contributed by atoms with E-state index in [4.69, 9.17) is 21.7 Å². The van der Waals surface area contributed by atoms with E-state index in [9.17, 15) is 14.0 Å². The van der Waals surface area contributed by atoms with E-state index in [0.717, 1.165) is 35.8 Å². The lowest BCUT2D eigenvalue weighted by molar-refractivity contribution is 0.0342. The smallest absolute Gasteiger partial charge is 0.379 e. The quantitative estimate of drug-likeness (QED) is 0.404. The van der Waals surface area contributed by atoms with Crippen LogP contribution in [0.25, 0.3) is 17.2 Å². The van der Waals surface area contributed by atoms with Gasteiger partial charge in [-0.15, -0.1) is 0 Å². The number of hydrogen-bond acceptors (Lipinski definition) is 9. The largest absolute Gasteiger partial charge is 0.446 e. The van der Waals surface area contributed by atoms with Crippen molar-refractivity contribution >= 4 is 25.0 Å². The van der Waals surface area contributed by atoms with Gasteiger partial charge in [-0.2, -0.15) is 0 Å². The maximum absolute atomic E-state index is 13.6. The predicted octanol–water partition coefficient (Wildman–Crippen LogP) is 0.893. The minimum absolute atomic E-state index is 0.0592. The van der Waals surface area contributed by atoms with Crippen LogP contribution in [0.15, 0.2) is 56.4 Å². The molecule has 1 aliphatic heterocycles. The van der Waals surface area contributed by atoms with Gasteiger partial charge in [-0.3, -0.25) is 14.2 Å². The van der Waals surface area contributed by atoms with Crippen LogP contribution >= 0.6 is 0 Å². The number of carbonyl (C=O) groups excluding carboxylic acids is 1. The van der Waals surface area contributed by atoms with E-state index in [1.54, 1.807) is 12.1 Å². The van der Waals surface area contributed by atoms with Gasteiger partial charge < -0.3 is 10.1 Å². The zero-order valence-corrected chi connectivity index (χ0v) is 18.3. The first-order chi connectivity index (χ1) is 17.0. The van der Waals surface area contributed by atoms with Crippen LogP contribution in [0.5, 0.6) is 0 Å². The third kappa shape index (κ3) is 4.77. The summed E-state index contributed by atoms with van der Waals surface area (Å²) in [6.45, 7) is 3.91. The molecule has 2 aromatic heterocycles. The molecular formula is C22H18BFN6O5. The number of aromatic nitrogens is 4. The number of hydrogen-bond donors (Lipinski definition) is 1. The van der Waals surface area contributed by atoms with Crippen LogP contribution < -0.4 is 16.5 Å². The Balaban J connectivity index is 1.35. The minimum Gasteiger partial charge on any atom is -0.379 e. The number of carbonyl (C=O) groups is 1. The molecule has 0 unspecified atom stereocenters. The second-order valence-electron chi connectivity index (χ2n) is 7.81. The molecule has 3 heterocycles. The summed E-state index contributed by atoms with van der Waals surface area (Å²) in [5.41, 5.74) is 1.40. The number of halogens is 1. The average Bonchev–Trinajstić information content (AvgIpc) is 3.48. The molecule has 5 rings (SSSR count). The first-order valence-corrected chi connectivity index (χ1v) is 10.7. The van der Waals surface area contributed by atoms with Gasteiger partial charge in [0.1, 0.15) is 13.7 Å². The average molecular weight is 476 g/mol. The van der Waals surface area contributed by atoms with Crippen molar-refractivity contribution in [2.45, 2.75) is 6.54 Å². The summed E-state index contributed by atoms with van der Waals surface area (Å²) in [6, 6.07) is 10.8. The zero-order chi connectivity index (χ0) is 24.4. The highest BCUT2D eigenvalue weighted by atomic mass is 19.1. The molecule has 1 N–H and O–H groups in total. The van der Waals surface area contributed by atoms with E-state index < -0.39 is 17.5 Å². The van der Waals surface area contributed by atoms with Crippen molar-refractivity contribution in [3.8, 4) is 17.2 Å². The molecular weight excluding hydrogens is 458 g/mol. The van der Waals surface area contributed by atoms with Gasteiger partial charge in [0.25, 0.3) is 5.91 Å². The van der Waals surface area contributed by atoms with Gasteiger partial charge in [0.05, 0.1) is 18.9 Å². The van der Waals surface area contributed by atoms with E-state index in [1.807, 2.05) is 12.1 Å². The van der Waals surface area contributed by atoms with Crippen LogP contribution in [-0.2, 0) is 11.3 Å². The molecule has 1 amide bonds. The topological polar surface area (TPSA) is 129 Å². The Kier molecular flexibility index (Phi) is 6.25. The Morgan fingerprint density at radius 3 is 2.60 bits per heavy atom. The Bertz CT molecular complexity index is 1410. The fourth-order valence-corrected chi connectivity index (χ4v) is 3.67. The summed E-state index contributed by atoms with van der Waals surface area (Å²) in [6.07, 6.45) is 0. The van der Waals surface area contributed by atoms with E-state index >= 15 is 0 Å². The highest BCUT2D eigenvalue weighted by Crippen LogP contribution is 2.24. The van der Waals surface area contributed by atoms with E-state index in [-0.39, 0.29) is 28.5 Å². The van der Waals surface area contributed by atoms with Crippen LogP contribution in [0, 0.1) is 5.82 Å². The molecule has 0 atom stereocenters. The van der Waals surface area contributed by atoms with Crippen molar-refractivity contribution in [1.82, 2.24) is 24.9 Å². The zero-order valence-electron chi connectivity index (χ0n) is 18.3. The van der Waals surface area contributed by atoms with E-state index in [1.165, 1.54) is 12.1 Å². The SMILES string of the molecule is [B]c1cc(-n2c(-c3nonc3NC(=O)c3ccc(CN4CCOCC4)cc3)noc2=O)ccc1F. The van der Waals surface area contributed by atoms with Crippen molar-refractivity contribution in [3.63, 3.8) is 0 Å². The molecule has 1 aliphatic rings. The summed E-state index contributed by atoms with van der Waals surface area (Å²) >= 11 is 0. The van der Waals surface area contributed by atoms with Crippen molar-refractivity contribution in [3.05, 3.63) is 70.0 Å². The fourth-order valence-electron chi connectivity index (χ4n) is 3.67. The van der Waals surface area contributed by atoms with Gasteiger partial charge >= 0.3 is 5.76 Å². The molecule has 0 aliphatic carbocycles. The van der Waals surface area contributed by atoms with Gasteiger partial charge in [-0.1, -0.05) is 22.8 Å². The maximum Gasteiger partial charge on any atom is 0.446 e. The molecule has 176 valence electrons. The highest BCUT2D eigenvalue weighted by Gasteiger charge is 2.24. The Hall–Kier alpha value is -4.10. The third-order valence-electron chi connectivity index (χ3n) is 5.50. The molecule has 0 spiro atoms. The lowest BCUT2D eigenvalue weighted by atomic mass is 9.95. The van der Waals surface area contributed by atoms with Crippen LogP contribution in [0.1, 0.15) is 15.9 Å². The fraction of sp³-hybridized carbons (Fsp3) is 0.227. The van der Waals surface area contributed by atoms with E-state index in [0.29, 0.717) is 18.8 Å². The van der Waals surface area contributed by atoms with Crippen LogP contribution in [0.2, 0.25) is 0 Å². The second kappa shape index (κ2) is 9.64. The molecule has 1 saturated heterocycles. The van der Waals surface area contributed by atoms with Gasteiger partial charge in [-0.05, 0) is 46.2 Å². The predicted molar refractivity (Wildman–Crippen MR) is 121 cm³/mol. The normalized spacial score (nSPS) is 14.2. The van der Waals surface area contributed by atoms with Gasteiger partial charge in [0.15, 0.2) is 5.69 Å². The molecule has 0 bridgehead atoms. The molecule has 11 nitrogen and oxygen atoms in total. The van der Waals surface area contributed by atoms with Crippen molar-refractivity contribution in [1.29, 1.82) is 0 Å². The number of anilines is 1. The van der Waals surface area contributed by atoms with Crippen LogP contribution in [0.4, 0.5) is 10.2 Å². The monoisotopic (exact) mass is 476 g/mol. The molecule has 2 radical (unpaired) electrons. The highest BCUT2D eigenvalue weighted by molar-refractivity contribution is 6.32. The van der Waals surface area contributed by atoms with Crippen molar-refractivity contribution < 1.29 is 23.1 Å². The Morgan fingerprint density at radius 1 is 1.09 bits per heavy atom. The number of benzene rings is 2. The molecule has 4 aromatic rings. The molecule has 2 aromatic carbocycles. The maximum atomic E-state index is 13.6. The number of nitrogens with zero attached hydrogens (tertiary/aromatic N) is 5. The summed E-state index contributed by atoms with van der Waals surface area (Å²) in [4.78, 5) is 27.4. The van der Waals surface area contributed by atoms with Crippen LogP contribution in [0.3, 0.4) is 0 Å².